The molecule has 6 nitrogen and oxygen atoms in total. The minimum absolute atomic E-state index is 0. The Hall–Kier alpha value is -3.53. The molecule has 3 heterocycles. The molecule has 0 atom stereocenters. The van der Waals surface area contributed by atoms with Crippen LogP contribution in [0.3, 0.4) is 0 Å². The van der Waals surface area contributed by atoms with Crippen LogP contribution in [-0.4, -0.2) is 29.5 Å². The number of hydrogen-bond donors (Lipinski definition) is 1. The molecule has 6 aromatic rings. The van der Waals surface area contributed by atoms with Crippen molar-refractivity contribution in [3.8, 4) is 11.4 Å². The number of hydrogen-bond acceptors (Lipinski definition) is 4. The summed E-state index contributed by atoms with van der Waals surface area (Å²) in [4.78, 5) is 19.3. The van der Waals surface area contributed by atoms with Gasteiger partial charge in [-0.05, 0) is 39.3 Å². The maximum Gasteiger partial charge on any atom is 0.121 e. The van der Waals surface area contributed by atoms with E-state index in [2.05, 4.69) is 149 Å². The first kappa shape index (κ1) is 29.0. The lowest BCUT2D eigenvalue weighted by molar-refractivity contribution is 0.514. The number of rotatable bonds is 5. The molecule has 0 radical (unpaired) electrons. The molecule has 3 aromatic heterocycles. The molecule has 38 heavy (non-hydrogen) atoms. The lowest BCUT2D eigenvalue weighted by Crippen LogP contribution is -2.36. The molecule has 0 bridgehead atoms. The molecule has 192 valence electrons. The molecule has 0 amide bonds. The lowest BCUT2D eigenvalue weighted by atomic mass is 9.77. The molecule has 9 heteroatoms. The normalized spacial score (nSPS) is 10.3. The highest BCUT2D eigenvalue weighted by atomic mass is 127. The van der Waals surface area contributed by atoms with Crippen molar-refractivity contribution in [2.45, 2.75) is 5.54 Å². The molecule has 0 aliphatic rings. The monoisotopic (exact) mass is 654 g/mol. The van der Waals surface area contributed by atoms with Crippen LogP contribution in [-0.2, 0) is 5.54 Å². The van der Waals surface area contributed by atoms with Crippen molar-refractivity contribution in [3.05, 3.63) is 155 Å². The highest BCUT2D eigenvalue weighted by Crippen LogP contribution is 2.40. The first-order valence-electron chi connectivity index (χ1n) is 11.4. The fourth-order valence-electron chi connectivity index (χ4n) is 4.30. The second kappa shape index (κ2) is 13.9. The van der Waals surface area contributed by atoms with Gasteiger partial charge in [-0.25, -0.2) is 9.97 Å². The molecular formula is C29H25Cl2IN6. The summed E-state index contributed by atoms with van der Waals surface area (Å²) < 4.78 is 3.19. The van der Waals surface area contributed by atoms with E-state index in [1.807, 2.05) is 6.33 Å². The quantitative estimate of drug-likeness (QED) is 0.160. The van der Waals surface area contributed by atoms with E-state index in [1.165, 1.54) is 16.7 Å². The van der Waals surface area contributed by atoms with E-state index in [9.17, 15) is 0 Å². The van der Waals surface area contributed by atoms with E-state index in [0.717, 1.165) is 15.1 Å². The predicted molar refractivity (Wildman–Crippen MR) is 164 cm³/mol. The Morgan fingerprint density at radius 1 is 0.658 bits per heavy atom. The SMILES string of the molecule is Cl.Cl.Ic1cn(C(c2ccccc2)(c2ccccc2)c2ccccc2)cn1.c1cnc(-c2cnc[nH]2)cn1. The smallest absolute Gasteiger partial charge is 0.121 e. The van der Waals surface area contributed by atoms with Crippen molar-refractivity contribution >= 4 is 47.4 Å². The summed E-state index contributed by atoms with van der Waals surface area (Å²) in [6.07, 6.45) is 12.3. The van der Waals surface area contributed by atoms with E-state index in [0.29, 0.717) is 0 Å². The Bertz CT molecular complexity index is 1380. The molecule has 0 saturated carbocycles. The van der Waals surface area contributed by atoms with Gasteiger partial charge in [-0.1, -0.05) is 91.0 Å². The van der Waals surface area contributed by atoms with Crippen molar-refractivity contribution in [1.82, 2.24) is 29.5 Å². The summed E-state index contributed by atoms with van der Waals surface area (Å²) in [5.41, 5.74) is 4.87. The van der Waals surface area contributed by atoms with Crippen LogP contribution < -0.4 is 0 Å². The molecule has 0 unspecified atom stereocenters. The lowest BCUT2D eigenvalue weighted by Gasteiger charge is -2.37. The molecule has 6 rings (SSSR count). The first-order chi connectivity index (χ1) is 17.8. The van der Waals surface area contributed by atoms with E-state index < -0.39 is 5.54 Å². The number of halogens is 3. The molecule has 0 spiro atoms. The Morgan fingerprint density at radius 3 is 1.61 bits per heavy atom. The van der Waals surface area contributed by atoms with E-state index in [-0.39, 0.29) is 24.8 Å². The van der Waals surface area contributed by atoms with Crippen LogP contribution in [0.5, 0.6) is 0 Å². The van der Waals surface area contributed by atoms with E-state index in [1.54, 1.807) is 31.1 Å². The van der Waals surface area contributed by atoms with Crippen LogP contribution >= 0.6 is 47.4 Å². The van der Waals surface area contributed by atoms with E-state index >= 15 is 0 Å². The number of aromatic nitrogens is 6. The Kier molecular flexibility index (Phi) is 10.6. The molecule has 1 N–H and O–H groups in total. The third-order valence-corrected chi connectivity index (χ3v) is 6.41. The van der Waals surface area contributed by atoms with Crippen LogP contribution in [0.1, 0.15) is 16.7 Å². The van der Waals surface area contributed by atoms with Crippen molar-refractivity contribution in [2.75, 3.05) is 0 Å². The van der Waals surface area contributed by atoms with Gasteiger partial charge in [-0.3, -0.25) is 9.97 Å². The van der Waals surface area contributed by atoms with Crippen LogP contribution in [0.2, 0.25) is 0 Å². The van der Waals surface area contributed by atoms with Crippen molar-refractivity contribution in [3.63, 3.8) is 0 Å². The van der Waals surface area contributed by atoms with Gasteiger partial charge in [0.1, 0.15) is 14.9 Å². The average Bonchev–Trinajstić information content (AvgIpc) is 3.65. The Balaban J connectivity index is 0.000000260. The fraction of sp³-hybridized carbons (Fsp3) is 0.0345. The van der Waals surface area contributed by atoms with Crippen LogP contribution in [0, 0.1) is 3.70 Å². The zero-order chi connectivity index (χ0) is 24.6. The number of nitrogens with one attached hydrogen (secondary N) is 1. The standard InChI is InChI=1S/C22H17IN2.C7H6N4.2ClH/c23-21-16-25(17-24-21)22(18-10-4-1-5-11-18,19-12-6-2-7-13-19)20-14-8-3-9-15-20;1-2-10-6(3-8-1)7-4-9-5-11-7;;/h1-17H;1-5H,(H,9,11);2*1H. The third kappa shape index (κ3) is 6.12. The van der Waals surface area contributed by atoms with Gasteiger partial charge in [0.2, 0.25) is 0 Å². The van der Waals surface area contributed by atoms with Gasteiger partial charge >= 0.3 is 0 Å². The third-order valence-electron chi connectivity index (χ3n) is 5.85. The van der Waals surface area contributed by atoms with Gasteiger partial charge in [0.15, 0.2) is 0 Å². The number of aromatic amines is 1. The predicted octanol–water partition coefficient (Wildman–Crippen LogP) is 7.04. The molecule has 3 aromatic carbocycles. The van der Waals surface area contributed by atoms with Crippen molar-refractivity contribution < 1.29 is 0 Å². The van der Waals surface area contributed by atoms with Crippen LogP contribution in [0.25, 0.3) is 11.4 Å². The van der Waals surface area contributed by atoms with Gasteiger partial charge in [-0.15, -0.1) is 24.8 Å². The van der Waals surface area contributed by atoms with Gasteiger partial charge < -0.3 is 9.55 Å². The summed E-state index contributed by atoms with van der Waals surface area (Å²) in [5.74, 6) is 0. The second-order valence-corrected chi connectivity index (χ2v) is 9.07. The van der Waals surface area contributed by atoms with Crippen LogP contribution in [0.15, 0.2) is 135 Å². The first-order valence-corrected chi connectivity index (χ1v) is 12.5. The van der Waals surface area contributed by atoms with Gasteiger partial charge in [0.25, 0.3) is 0 Å². The summed E-state index contributed by atoms with van der Waals surface area (Å²) in [5, 5.41) is 0. The van der Waals surface area contributed by atoms with Gasteiger partial charge in [-0.2, -0.15) is 0 Å². The summed E-state index contributed by atoms with van der Waals surface area (Å²) in [7, 11) is 0. The summed E-state index contributed by atoms with van der Waals surface area (Å²) >= 11 is 2.27. The largest absolute Gasteiger partial charge is 0.343 e. The molecule has 0 fully saturated rings. The second-order valence-electron chi connectivity index (χ2n) is 7.97. The molecule has 0 aliphatic carbocycles. The number of H-pyrrole nitrogens is 1. The summed E-state index contributed by atoms with van der Waals surface area (Å²) in [6.45, 7) is 0. The Morgan fingerprint density at radius 2 is 1.21 bits per heavy atom. The molecule has 0 aliphatic heterocycles. The van der Waals surface area contributed by atoms with Gasteiger partial charge in [0, 0.05) is 18.6 Å². The number of nitrogens with zero attached hydrogens (tertiary/aromatic N) is 5. The van der Waals surface area contributed by atoms with Crippen molar-refractivity contribution in [1.29, 1.82) is 0 Å². The highest BCUT2D eigenvalue weighted by molar-refractivity contribution is 14.1. The highest BCUT2D eigenvalue weighted by Gasteiger charge is 2.38. The minimum Gasteiger partial charge on any atom is -0.343 e. The minimum atomic E-state index is -0.458. The fourth-order valence-corrected chi connectivity index (χ4v) is 4.73. The maximum atomic E-state index is 4.51. The zero-order valence-electron chi connectivity index (χ0n) is 20.1. The van der Waals surface area contributed by atoms with Crippen LogP contribution in [0.4, 0.5) is 0 Å². The molecular weight excluding hydrogens is 630 g/mol. The number of benzene rings is 3. The van der Waals surface area contributed by atoms with E-state index in [4.69, 9.17) is 0 Å². The van der Waals surface area contributed by atoms with Crippen molar-refractivity contribution in [2.24, 2.45) is 0 Å². The van der Waals surface area contributed by atoms with Gasteiger partial charge in [0.05, 0.1) is 30.7 Å². The Labute approximate surface area is 247 Å². The molecule has 0 saturated heterocycles. The summed E-state index contributed by atoms with van der Waals surface area (Å²) in [6, 6.07) is 31.9. The topological polar surface area (TPSA) is 72.3 Å². The zero-order valence-corrected chi connectivity index (χ0v) is 23.9. The number of imidazole rings is 2. The maximum absolute atomic E-state index is 4.51. The average molecular weight is 655 g/mol.